The zero-order valence-corrected chi connectivity index (χ0v) is 15.2. The average Bonchev–Trinajstić information content (AvgIpc) is 3.09. The van der Waals surface area contributed by atoms with Gasteiger partial charge in [0, 0.05) is 25.7 Å². The van der Waals surface area contributed by atoms with E-state index in [9.17, 15) is 9.90 Å². The van der Waals surface area contributed by atoms with Crippen LogP contribution in [0.5, 0.6) is 0 Å². The van der Waals surface area contributed by atoms with Crippen molar-refractivity contribution in [3.05, 3.63) is 18.1 Å². The quantitative estimate of drug-likeness (QED) is 0.704. The molecule has 2 atom stereocenters. The molecule has 1 amide bonds. The van der Waals surface area contributed by atoms with E-state index in [-0.39, 0.29) is 24.8 Å². The molecule has 0 saturated carbocycles. The van der Waals surface area contributed by atoms with Crippen LogP contribution < -0.4 is 5.73 Å². The maximum atomic E-state index is 13.0. The first kappa shape index (κ1) is 19.1. The van der Waals surface area contributed by atoms with Crippen LogP contribution in [0.1, 0.15) is 29.9 Å². The molecule has 9 heteroatoms. The molecule has 3 N–H and O–H groups in total. The summed E-state index contributed by atoms with van der Waals surface area (Å²) in [6.45, 7) is 3.62. The zero-order chi connectivity index (χ0) is 19.4. The predicted molar refractivity (Wildman–Crippen MR) is 98.8 cm³/mol. The van der Waals surface area contributed by atoms with E-state index in [4.69, 9.17) is 21.6 Å². The third kappa shape index (κ3) is 3.88. The van der Waals surface area contributed by atoms with Crippen molar-refractivity contribution in [3.63, 3.8) is 0 Å². The number of carbonyl (C=O) groups is 1. The standard InChI is InChI=1S/C18H23N5O4/c1-3-4-13(10-24)27-12(2)23-9-14(15-16(19)20-11-21-17(15)23)18(25)22-5-7-26-8-6-22/h1,9,11-13,24H,4-8,10H2,2H3,(H2,19,20,21)/t12-,13+/m1/s1. The lowest BCUT2D eigenvalue weighted by molar-refractivity contribution is -0.0606. The monoisotopic (exact) mass is 373 g/mol. The Labute approximate surface area is 157 Å². The minimum absolute atomic E-state index is 0.155. The van der Waals surface area contributed by atoms with Gasteiger partial charge < -0.3 is 29.8 Å². The van der Waals surface area contributed by atoms with Crippen LogP contribution in [0.25, 0.3) is 11.0 Å². The molecule has 1 aliphatic rings. The highest BCUT2D eigenvalue weighted by Crippen LogP contribution is 2.29. The first-order chi connectivity index (χ1) is 13.1. The number of hydrogen-bond acceptors (Lipinski definition) is 7. The Balaban J connectivity index is 1.98. The lowest BCUT2D eigenvalue weighted by Gasteiger charge is -2.26. The molecule has 2 aromatic rings. The van der Waals surface area contributed by atoms with Gasteiger partial charge in [-0.25, -0.2) is 9.97 Å². The number of anilines is 1. The van der Waals surface area contributed by atoms with Crippen molar-refractivity contribution >= 4 is 22.8 Å². The number of rotatable bonds is 6. The Morgan fingerprint density at radius 2 is 2.22 bits per heavy atom. The van der Waals surface area contributed by atoms with Crippen LogP contribution in [0.4, 0.5) is 5.82 Å². The van der Waals surface area contributed by atoms with E-state index < -0.39 is 12.3 Å². The molecule has 1 aliphatic heterocycles. The first-order valence-corrected chi connectivity index (χ1v) is 8.74. The second kappa shape index (κ2) is 8.35. The Hall–Kier alpha value is -2.67. The highest BCUT2D eigenvalue weighted by atomic mass is 16.5. The van der Waals surface area contributed by atoms with Gasteiger partial charge in [0.05, 0.1) is 36.9 Å². The van der Waals surface area contributed by atoms with Crippen LogP contribution in [0, 0.1) is 12.3 Å². The number of fused-ring (bicyclic) bond motifs is 1. The van der Waals surface area contributed by atoms with Gasteiger partial charge in [-0.1, -0.05) is 0 Å². The molecule has 2 aromatic heterocycles. The molecule has 3 rings (SSSR count). The molecule has 0 radical (unpaired) electrons. The van der Waals surface area contributed by atoms with Crippen molar-refractivity contribution in [3.8, 4) is 12.3 Å². The summed E-state index contributed by atoms with van der Waals surface area (Å²) < 4.78 is 12.9. The summed E-state index contributed by atoms with van der Waals surface area (Å²) in [6, 6.07) is 0. The number of aromatic nitrogens is 3. The van der Waals surface area contributed by atoms with Crippen molar-refractivity contribution in [2.45, 2.75) is 25.7 Å². The molecule has 9 nitrogen and oxygen atoms in total. The van der Waals surface area contributed by atoms with E-state index in [0.717, 1.165) is 0 Å². The topological polar surface area (TPSA) is 116 Å². The van der Waals surface area contributed by atoms with E-state index in [2.05, 4.69) is 15.9 Å². The number of nitrogens with two attached hydrogens (primary N) is 1. The van der Waals surface area contributed by atoms with Crippen molar-refractivity contribution < 1.29 is 19.4 Å². The third-order valence-electron chi connectivity index (χ3n) is 4.50. The van der Waals surface area contributed by atoms with Gasteiger partial charge in [-0.3, -0.25) is 4.79 Å². The molecular weight excluding hydrogens is 350 g/mol. The van der Waals surface area contributed by atoms with Gasteiger partial charge >= 0.3 is 0 Å². The second-order valence-corrected chi connectivity index (χ2v) is 6.26. The molecule has 27 heavy (non-hydrogen) atoms. The number of amides is 1. The Kier molecular flexibility index (Phi) is 5.91. The molecule has 0 bridgehead atoms. The Morgan fingerprint density at radius 1 is 1.48 bits per heavy atom. The van der Waals surface area contributed by atoms with Crippen LogP contribution in [0.3, 0.4) is 0 Å². The second-order valence-electron chi connectivity index (χ2n) is 6.26. The highest BCUT2D eigenvalue weighted by molar-refractivity contribution is 6.09. The van der Waals surface area contributed by atoms with Gasteiger partial charge in [0.1, 0.15) is 24.0 Å². The lowest BCUT2D eigenvalue weighted by atomic mass is 10.2. The van der Waals surface area contributed by atoms with Gasteiger partial charge in [0.25, 0.3) is 5.91 Å². The number of hydrogen-bond donors (Lipinski definition) is 2. The summed E-state index contributed by atoms with van der Waals surface area (Å²) in [5.74, 6) is 2.55. The minimum atomic E-state index is -0.515. The van der Waals surface area contributed by atoms with E-state index in [1.165, 1.54) is 6.33 Å². The van der Waals surface area contributed by atoms with E-state index >= 15 is 0 Å². The number of morpholine rings is 1. The van der Waals surface area contributed by atoms with Crippen LogP contribution >= 0.6 is 0 Å². The normalized spacial score (nSPS) is 16.9. The summed E-state index contributed by atoms with van der Waals surface area (Å²) in [5.41, 5.74) is 6.95. The number of aliphatic hydroxyl groups excluding tert-OH is 1. The largest absolute Gasteiger partial charge is 0.394 e. The molecule has 0 spiro atoms. The number of ether oxygens (including phenoxy) is 2. The summed E-state index contributed by atoms with van der Waals surface area (Å²) in [5, 5.41) is 9.91. The molecule has 144 valence electrons. The van der Waals surface area contributed by atoms with Crippen molar-refractivity contribution in [1.29, 1.82) is 0 Å². The van der Waals surface area contributed by atoms with Crippen molar-refractivity contribution in [1.82, 2.24) is 19.4 Å². The summed E-state index contributed by atoms with van der Waals surface area (Å²) in [7, 11) is 0. The molecule has 0 aromatic carbocycles. The summed E-state index contributed by atoms with van der Waals surface area (Å²) in [4.78, 5) is 23.0. The van der Waals surface area contributed by atoms with Crippen LogP contribution in [-0.2, 0) is 9.47 Å². The molecule has 1 fully saturated rings. The average molecular weight is 373 g/mol. The predicted octanol–water partition coefficient (Wildman–Crippen LogP) is 0.405. The third-order valence-corrected chi connectivity index (χ3v) is 4.50. The summed E-state index contributed by atoms with van der Waals surface area (Å²) >= 11 is 0. The number of carbonyl (C=O) groups excluding carboxylic acids is 1. The fraction of sp³-hybridized carbons (Fsp3) is 0.500. The van der Waals surface area contributed by atoms with Gasteiger partial charge in [-0.2, -0.15) is 0 Å². The van der Waals surface area contributed by atoms with E-state index in [1.807, 2.05) is 0 Å². The minimum Gasteiger partial charge on any atom is -0.394 e. The number of terminal acetylenes is 1. The number of nitrogen functional groups attached to an aromatic ring is 1. The molecule has 0 aliphatic carbocycles. The van der Waals surface area contributed by atoms with Crippen molar-refractivity contribution in [2.24, 2.45) is 0 Å². The fourth-order valence-electron chi connectivity index (χ4n) is 3.12. The molecule has 1 saturated heterocycles. The van der Waals surface area contributed by atoms with Crippen LogP contribution in [-0.4, -0.2) is 69.5 Å². The highest BCUT2D eigenvalue weighted by Gasteiger charge is 2.26. The Bertz CT molecular complexity index is 853. The van der Waals surface area contributed by atoms with Crippen LogP contribution in [0.2, 0.25) is 0 Å². The van der Waals surface area contributed by atoms with Crippen LogP contribution in [0.15, 0.2) is 12.5 Å². The molecule has 0 unspecified atom stereocenters. The van der Waals surface area contributed by atoms with Crippen molar-refractivity contribution in [2.75, 3.05) is 38.6 Å². The maximum absolute atomic E-state index is 13.0. The SMILES string of the molecule is C#CC[C@@H](CO)O[C@H](C)n1cc(C(=O)N2CCOCC2)c2c(N)ncnc21. The van der Waals surface area contributed by atoms with Gasteiger partial charge in [0.2, 0.25) is 0 Å². The Morgan fingerprint density at radius 3 is 2.89 bits per heavy atom. The van der Waals surface area contributed by atoms with Gasteiger partial charge in [-0.15, -0.1) is 12.3 Å². The zero-order valence-electron chi connectivity index (χ0n) is 15.2. The maximum Gasteiger partial charge on any atom is 0.256 e. The van der Waals surface area contributed by atoms with Gasteiger partial charge in [-0.05, 0) is 6.92 Å². The smallest absolute Gasteiger partial charge is 0.256 e. The lowest BCUT2D eigenvalue weighted by Crippen LogP contribution is -2.40. The van der Waals surface area contributed by atoms with E-state index in [1.54, 1.807) is 22.6 Å². The summed E-state index contributed by atoms with van der Waals surface area (Å²) in [6.07, 6.45) is 7.57. The molecular formula is C18H23N5O4. The number of aliphatic hydroxyl groups is 1. The fourth-order valence-corrected chi connectivity index (χ4v) is 3.12. The van der Waals surface area contributed by atoms with Gasteiger partial charge in [0.15, 0.2) is 0 Å². The first-order valence-electron chi connectivity index (χ1n) is 8.74. The molecule has 3 heterocycles. The van der Waals surface area contributed by atoms with E-state index in [0.29, 0.717) is 42.9 Å². The number of nitrogens with zero attached hydrogens (tertiary/aromatic N) is 4.